The van der Waals surface area contributed by atoms with Crippen molar-refractivity contribution in [3.8, 4) is 0 Å². The monoisotopic (exact) mass is 391 g/mol. The molecule has 0 atom stereocenters. The van der Waals surface area contributed by atoms with Crippen molar-refractivity contribution in [2.45, 2.75) is 6.54 Å². The molecular formula is C17H18ClN5O2S. The topological polar surface area (TPSA) is 98.2 Å². The Morgan fingerprint density at radius 1 is 1.23 bits per heavy atom. The predicted octanol–water partition coefficient (Wildman–Crippen LogP) is 1.99. The van der Waals surface area contributed by atoms with Crippen molar-refractivity contribution in [1.29, 1.82) is 0 Å². The fraction of sp³-hybridized carbons (Fsp3) is 0.294. The highest BCUT2D eigenvalue weighted by Gasteiger charge is 2.25. The Labute approximate surface area is 158 Å². The van der Waals surface area contributed by atoms with Gasteiger partial charge in [0, 0.05) is 32.7 Å². The lowest BCUT2D eigenvalue weighted by Crippen LogP contribution is -2.48. The number of para-hydroxylation sites is 1. The van der Waals surface area contributed by atoms with Crippen molar-refractivity contribution in [2.24, 2.45) is 5.73 Å². The second-order valence-corrected chi connectivity index (χ2v) is 7.83. The van der Waals surface area contributed by atoms with E-state index in [9.17, 15) is 9.59 Å². The first-order valence-corrected chi connectivity index (χ1v) is 9.50. The molecule has 4 N–H and O–H groups in total. The third kappa shape index (κ3) is 3.00. The molecular weight excluding hydrogens is 374 g/mol. The van der Waals surface area contributed by atoms with E-state index >= 15 is 0 Å². The molecule has 0 saturated carbocycles. The summed E-state index contributed by atoms with van der Waals surface area (Å²) < 4.78 is 0.581. The number of fused-ring (bicyclic) bond motifs is 1. The van der Waals surface area contributed by atoms with Gasteiger partial charge >= 0.3 is 5.69 Å². The van der Waals surface area contributed by atoms with Gasteiger partial charge in [-0.3, -0.25) is 4.79 Å². The zero-order valence-corrected chi connectivity index (χ0v) is 15.5. The maximum atomic E-state index is 12.7. The van der Waals surface area contributed by atoms with E-state index in [1.54, 1.807) is 6.07 Å². The Kier molecular flexibility index (Phi) is 4.47. The third-order valence-corrected chi connectivity index (χ3v) is 6.05. The van der Waals surface area contributed by atoms with Crippen LogP contribution in [0.4, 0.5) is 5.69 Å². The first-order chi connectivity index (χ1) is 12.6. The predicted molar refractivity (Wildman–Crippen MR) is 104 cm³/mol. The molecule has 2 aromatic heterocycles. The van der Waals surface area contributed by atoms with Crippen molar-refractivity contribution >= 4 is 45.6 Å². The standard InChI is InChI=1S/C17H18ClN5O2S/c18-15-10(9-19)8-13(26-15)16(24)23-6-4-22(5-7-23)12-3-1-2-11-14(12)21-17(25)20-11/h1-3,8H,4-7,9,19H2,(H2,20,21,25). The molecule has 26 heavy (non-hydrogen) atoms. The minimum atomic E-state index is -0.216. The number of halogens is 1. The van der Waals surface area contributed by atoms with Gasteiger partial charge in [0.25, 0.3) is 5.91 Å². The van der Waals surface area contributed by atoms with Crippen LogP contribution in [0.1, 0.15) is 15.2 Å². The van der Waals surface area contributed by atoms with Crippen molar-refractivity contribution in [1.82, 2.24) is 14.9 Å². The fourth-order valence-electron chi connectivity index (χ4n) is 3.26. The molecule has 1 saturated heterocycles. The Balaban J connectivity index is 1.49. The smallest absolute Gasteiger partial charge is 0.323 e. The number of thiophene rings is 1. The molecule has 0 unspecified atom stereocenters. The van der Waals surface area contributed by atoms with Crippen LogP contribution in [-0.2, 0) is 6.54 Å². The number of rotatable bonds is 3. The molecule has 0 radical (unpaired) electrons. The highest BCUT2D eigenvalue weighted by atomic mass is 35.5. The maximum absolute atomic E-state index is 12.7. The zero-order chi connectivity index (χ0) is 18.3. The number of amides is 1. The van der Waals surface area contributed by atoms with Gasteiger partial charge in [-0.1, -0.05) is 17.7 Å². The van der Waals surface area contributed by atoms with Crippen LogP contribution in [0.2, 0.25) is 4.34 Å². The molecule has 1 aliphatic rings. The summed E-state index contributed by atoms with van der Waals surface area (Å²) in [4.78, 5) is 34.5. The van der Waals surface area contributed by atoms with Crippen LogP contribution in [0.15, 0.2) is 29.1 Å². The summed E-state index contributed by atoms with van der Waals surface area (Å²) in [6.45, 7) is 2.94. The Morgan fingerprint density at radius 2 is 2.00 bits per heavy atom. The highest BCUT2D eigenvalue weighted by molar-refractivity contribution is 7.18. The van der Waals surface area contributed by atoms with E-state index in [4.69, 9.17) is 17.3 Å². The van der Waals surface area contributed by atoms with E-state index in [-0.39, 0.29) is 11.6 Å². The number of aromatic amines is 2. The molecule has 3 heterocycles. The van der Waals surface area contributed by atoms with Crippen molar-refractivity contribution in [2.75, 3.05) is 31.1 Å². The molecule has 7 nitrogen and oxygen atoms in total. The molecule has 1 fully saturated rings. The van der Waals surface area contributed by atoms with Crippen LogP contribution < -0.4 is 16.3 Å². The van der Waals surface area contributed by atoms with Gasteiger partial charge in [-0.25, -0.2) is 4.79 Å². The van der Waals surface area contributed by atoms with Gasteiger partial charge in [-0.2, -0.15) is 0 Å². The lowest BCUT2D eigenvalue weighted by Gasteiger charge is -2.36. The maximum Gasteiger partial charge on any atom is 0.323 e. The molecule has 136 valence electrons. The SMILES string of the molecule is NCc1cc(C(=O)N2CCN(c3cccc4[nH]c(=O)[nH]c34)CC2)sc1Cl. The second kappa shape index (κ2) is 6.79. The number of anilines is 1. The van der Waals surface area contributed by atoms with E-state index in [0.29, 0.717) is 41.9 Å². The number of nitrogens with zero attached hydrogens (tertiary/aromatic N) is 2. The average Bonchev–Trinajstić information content (AvgIpc) is 3.22. The molecule has 0 bridgehead atoms. The molecule has 0 spiro atoms. The highest BCUT2D eigenvalue weighted by Crippen LogP contribution is 2.29. The number of piperazine rings is 1. The normalized spacial score (nSPS) is 15.0. The number of nitrogens with two attached hydrogens (primary N) is 1. The quantitative estimate of drug-likeness (QED) is 0.635. The molecule has 3 aromatic rings. The number of benzene rings is 1. The number of carbonyl (C=O) groups is 1. The van der Waals surface area contributed by atoms with Crippen LogP contribution in [-0.4, -0.2) is 47.0 Å². The van der Waals surface area contributed by atoms with Crippen LogP contribution in [0.25, 0.3) is 11.0 Å². The van der Waals surface area contributed by atoms with Crippen LogP contribution in [0.3, 0.4) is 0 Å². The fourth-order valence-corrected chi connectivity index (χ4v) is 4.53. The summed E-state index contributed by atoms with van der Waals surface area (Å²) in [6.07, 6.45) is 0. The van der Waals surface area contributed by atoms with Gasteiger partial charge in [-0.15, -0.1) is 11.3 Å². The second-order valence-electron chi connectivity index (χ2n) is 6.17. The van der Waals surface area contributed by atoms with E-state index < -0.39 is 0 Å². The van der Waals surface area contributed by atoms with Crippen molar-refractivity contribution in [3.63, 3.8) is 0 Å². The largest absolute Gasteiger partial charge is 0.366 e. The number of hydrogen-bond acceptors (Lipinski definition) is 5. The summed E-state index contributed by atoms with van der Waals surface area (Å²) in [5.41, 5.74) is 8.78. The van der Waals surface area contributed by atoms with Gasteiger partial charge < -0.3 is 25.5 Å². The Hall–Kier alpha value is -2.29. The van der Waals surface area contributed by atoms with E-state index in [1.165, 1.54) is 11.3 Å². The van der Waals surface area contributed by atoms with Gasteiger partial charge in [0.1, 0.15) is 0 Å². The van der Waals surface area contributed by atoms with Crippen LogP contribution >= 0.6 is 22.9 Å². The lowest BCUT2D eigenvalue weighted by molar-refractivity contribution is 0.0751. The van der Waals surface area contributed by atoms with Gasteiger partial charge in [0.2, 0.25) is 0 Å². The van der Waals surface area contributed by atoms with E-state index in [0.717, 1.165) is 22.3 Å². The Morgan fingerprint density at radius 3 is 2.69 bits per heavy atom. The number of H-pyrrole nitrogens is 2. The van der Waals surface area contributed by atoms with Crippen molar-refractivity contribution < 1.29 is 4.79 Å². The van der Waals surface area contributed by atoms with E-state index in [2.05, 4.69) is 14.9 Å². The molecule has 1 amide bonds. The zero-order valence-electron chi connectivity index (χ0n) is 13.9. The minimum Gasteiger partial charge on any atom is -0.366 e. The first-order valence-electron chi connectivity index (χ1n) is 8.30. The summed E-state index contributed by atoms with van der Waals surface area (Å²) in [5.74, 6) is -0.00971. The molecule has 4 rings (SSSR count). The van der Waals surface area contributed by atoms with Gasteiger partial charge in [-0.05, 0) is 23.8 Å². The summed E-state index contributed by atoms with van der Waals surface area (Å²) in [6, 6.07) is 7.55. The van der Waals surface area contributed by atoms with Crippen LogP contribution in [0, 0.1) is 0 Å². The number of hydrogen-bond donors (Lipinski definition) is 3. The van der Waals surface area contributed by atoms with E-state index in [1.807, 2.05) is 23.1 Å². The molecule has 1 aromatic carbocycles. The van der Waals surface area contributed by atoms with Crippen molar-refractivity contribution in [3.05, 3.63) is 49.5 Å². The van der Waals surface area contributed by atoms with Gasteiger partial charge in [0.05, 0.1) is 25.9 Å². The average molecular weight is 392 g/mol. The molecule has 9 heteroatoms. The summed E-state index contributed by atoms with van der Waals surface area (Å²) in [7, 11) is 0. The minimum absolute atomic E-state index is 0.00971. The first kappa shape index (κ1) is 17.1. The van der Waals surface area contributed by atoms with Crippen LogP contribution in [0.5, 0.6) is 0 Å². The summed E-state index contributed by atoms with van der Waals surface area (Å²) >= 11 is 7.40. The molecule has 0 aliphatic carbocycles. The number of nitrogens with one attached hydrogen (secondary N) is 2. The Bertz CT molecular complexity index is 1020. The summed E-state index contributed by atoms with van der Waals surface area (Å²) in [5, 5.41) is 0. The van der Waals surface area contributed by atoms with Gasteiger partial charge in [0.15, 0.2) is 0 Å². The number of imidazole rings is 1. The lowest BCUT2D eigenvalue weighted by atomic mass is 10.2. The molecule has 1 aliphatic heterocycles. The number of carbonyl (C=O) groups excluding carboxylic acids is 1. The third-order valence-electron chi connectivity index (χ3n) is 4.62. The number of aromatic nitrogens is 2.